The average Bonchev–Trinajstić information content (AvgIpc) is 3.06. The maximum Gasteiger partial charge on any atom is 0.419 e. The molecule has 8 heteroatoms. The van der Waals surface area contributed by atoms with Gasteiger partial charge in [-0.15, -0.1) is 0 Å². The number of nitrogens with zero attached hydrogens (tertiary/aromatic N) is 3. The monoisotopic (exact) mass is 389 g/mol. The van der Waals surface area contributed by atoms with Crippen molar-refractivity contribution in [1.29, 1.82) is 0 Å². The Balaban J connectivity index is 1.88. The first-order valence-corrected chi connectivity index (χ1v) is 8.77. The first-order valence-electron chi connectivity index (χ1n) is 8.77. The van der Waals surface area contributed by atoms with E-state index in [0.717, 1.165) is 28.6 Å². The van der Waals surface area contributed by atoms with E-state index in [2.05, 4.69) is 4.98 Å². The Labute approximate surface area is 159 Å². The van der Waals surface area contributed by atoms with Gasteiger partial charge in [-0.1, -0.05) is 0 Å². The SMILES string of the molecule is COc1cc(-n2nc(-c3ccncc3)c3c2CC(C)OC3)ccc1C(F)(F)F. The van der Waals surface area contributed by atoms with Crippen LogP contribution in [-0.2, 0) is 23.9 Å². The summed E-state index contributed by atoms with van der Waals surface area (Å²) in [7, 11) is 1.23. The second kappa shape index (κ2) is 6.94. The summed E-state index contributed by atoms with van der Waals surface area (Å²) >= 11 is 0. The molecule has 4 rings (SSSR count). The lowest BCUT2D eigenvalue weighted by Crippen LogP contribution is -2.21. The van der Waals surface area contributed by atoms with E-state index in [4.69, 9.17) is 14.6 Å². The molecule has 1 atom stereocenters. The van der Waals surface area contributed by atoms with Crippen LogP contribution in [0.2, 0.25) is 0 Å². The second-order valence-corrected chi connectivity index (χ2v) is 6.63. The number of rotatable bonds is 3. The molecular formula is C20H18F3N3O2. The molecule has 1 aliphatic rings. The number of ether oxygens (including phenoxy) is 2. The molecule has 0 saturated heterocycles. The van der Waals surface area contributed by atoms with Gasteiger partial charge in [0, 0.05) is 36.0 Å². The van der Waals surface area contributed by atoms with Gasteiger partial charge in [0.2, 0.25) is 0 Å². The quantitative estimate of drug-likeness (QED) is 0.665. The van der Waals surface area contributed by atoms with Crippen LogP contribution in [0.1, 0.15) is 23.7 Å². The highest BCUT2D eigenvalue weighted by Gasteiger charge is 2.35. The van der Waals surface area contributed by atoms with Gasteiger partial charge in [-0.05, 0) is 31.2 Å². The number of hydrogen-bond donors (Lipinski definition) is 0. The Morgan fingerprint density at radius 1 is 1.18 bits per heavy atom. The fraction of sp³-hybridized carbons (Fsp3) is 0.300. The van der Waals surface area contributed by atoms with Crippen molar-refractivity contribution >= 4 is 0 Å². The standard InChI is InChI=1S/C20H18F3N3O2/c1-12-9-17-15(11-28-12)19(13-5-7-24-8-6-13)25-26(17)14-3-4-16(20(21,22)23)18(10-14)27-2/h3-8,10,12H,9,11H2,1-2H3. The van der Waals surface area contributed by atoms with Crippen LogP contribution >= 0.6 is 0 Å². The van der Waals surface area contributed by atoms with Crippen LogP contribution < -0.4 is 4.74 Å². The zero-order valence-corrected chi connectivity index (χ0v) is 15.3. The lowest BCUT2D eigenvalue weighted by atomic mass is 10.0. The molecule has 0 amide bonds. The van der Waals surface area contributed by atoms with Gasteiger partial charge in [-0.2, -0.15) is 18.3 Å². The molecule has 0 radical (unpaired) electrons. The summed E-state index contributed by atoms with van der Waals surface area (Å²) in [5.41, 5.74) is 3.17. The Kier molecular flexibility index (Phi) is 4.58. The van der Waals surface area contributed by atoms with Gasteiger partial charge in [-0.3, -0.25) is 4.98 Å². The molecule has 28 heavy (non-hydrogen) atoms. The van der Waals surface area contributed by atoms with Crippen LogP contribution in [0.15, 0.2) is 42.7 Å². The minimum absolute atomic E-state index is 0.00964. The average molecular weight is 389 g/mol. The number of benzene rings is 1. The zero-order valence-electron chi connectivity index (χ0n) is 15.3. The summed E-state index contributed by atoms with van der Waals surface area (Å²) in [5.74, 6) is -0.236. The summed E-state index contributed by atoms with van der Waals surface area (Å²) in [6, 6.07) is 7.50. The predicted octanol–water partition coefficient (Wildman–Crippen LogP) is 4.42. The van der Waals surface area contributed by atoms with Gasteiger partial charge in [-0.25, -0.2) is 4.68 Å². The van der Waals surface area contributed by atoms with Crippen LogP contribution in [0.4, 0.5) is 13.2 Å². The summed E-state index contributed by atoms with van der Waals surface area (Å²) in [5, 5.41) is 4.71. The molecule has 1 aliphatic heterocycles. The first-order chi connectivity index (χ1) is 13.4. The van der Waals surface area contributed by atoms with E-state index in [1.807, 2.05) is 19.1 Å². The van der Waals surface area contributed by atoms with E-state index in [9.17, 15) is 13.2 Å². The summed E-state index contributed by atoms with van der Waals surface area (Å²) < 4.78 is 52.0. The van der Waals surface area contributed by atoms with E-state index < -0.39 is 11.7 Å². The molecule has 3 heterocycles. The van der Waals surface area contributed by atoms with Crippen LogP contribution in [0.5, 0.6) is 5.75 Å². The van der Waals surface area contributed by atoms with E-state index in [1.165, 1.54) is 19.2 Å². The number of hydrogen-bond acceptors (Lipinski definition) is 4. The molecule has 0 bridgehead atoms. The number of halogens is 3. The zero-order chi connectivity index (χ0) is 19.9. The highest BCUT2D eigenvalue weighted by Crippen LogP contribution is 2.38. The van der Waals surface area contributed by atoms with E-state index in [-0.39, 0.29) is 11.9 Å². The topological polar surface area (TPSA) is 49.2 Å². The molecular weight excluding hydrogens is 371 g/mol. The van der Waals surface area contributed by atoms with E-state index >= 15 is 0 Å². The summed E-state index contributed by atoms with van der Waals surface area (Å²) in [6.45, 7) is 2.35. The predicted molar refractivity (Wildman–Crippen MR) is 96.3 cm³/mol. The normalized spacial score (nSPS) is 16.7. The number of methoxy groups -OCH3 is 1. The Morgan fingerprint density at radius 2 is 1.93 bits per heavy atom. The minimum Gasteiger partial charge on any atom is -0.496 e. The highest BCUT2D eigenvalue weighted by atomic mass is 19.4. The number of fused-ring (bicyclic) bond motifs is 1. The van der Waals surface area contributed by atoms with Crippen LogP contribution in [0, 0.1) is 0 Å². The van der Waals surface area contributed by atoms with E-state index in [1.54, 1.807) is 17.1 Å². The van der Waals surface area contributed by atoms with Gasteiger partial charge in [0.05, 0.1) is 42.5 Å². The smallest absolute Gasteiger partial charge is 0.419 e. The Bertz CT molecular complexity index is 1000. The molecule has 5 nitrogen and oxygen atoms in total. The van der Waals surface area contributed by atoms with Crippen molar-refractivity contribution < 1.29 is 22.6 Å². The van der Waals surface area contributed by atoms with Crippen molar-refractivity contribution in [3.63, 3.8) is 0 Å². The van der Waals surface area contributed by atoms with Crippen LogP contribution in [0.25, 0.3) is 16.9 Å². The van der Waals surface area contributed by atoms with Crippen molar-refractivity contribution in [3.8, 4) is 22.7 Å². The molecule has 1 unspecified atom stereocenters. The van der Waals surface area contributed by atoms with Gasteiger partial charge >= 0.3 is 6.18 Å². The molecule has 0 N–H and O–H groups in total. The van der Waals surface area contributed by atoms with Crippen molar-refractivity contribution in [2.45, 2.75) is 32.2 Å². The molecule has 0 aliphatic carbocycles. The molecule has 0 spiro atoms. The molecule has 2 aromatic heterocycles. The minimum atomic E-state index is -4.49. The molecule has 1 aromatic carbocycles. The van der Waals surface area contributed by atoms with Gasteiger partial charge in [0.1, 0.15) is 5.75 Å². The van der Waals surface area contributed by atoms with Gasteiger partial charge in [0.15, 0.2) is 0 Å². The fourth-order valence-corrected chi connectivity index (χ4v) is 3.40. The Hall–Kier alpha value is -2.87. The second-order valence-electron chi connectivity index (χ2n) is 6.63. The maximum atomic E-state index is 13.2. The third-order valence-electron chi connectivity index (χ3n) is 4.77. The summed E-state index contributed by atoms with van der Waals surface area (Å²) in [6.07, 6.45) is -0.540. The third kappa shape index (κ3) is 3.24. The fourth-order valence-electron chi connectivity index (χ4n) is 3.40. The maximum absolute atomic E-state index is 13.2. The molecule has 146 valence electrons. The van der Waals surface area contributed by atoms with Crippen LogP contribution in [-0.4, -0.2) is 28.0 Å². The lowest BCUT2D eigenvalue weighted by molar-refractivity contribution is -0.138. The molecule has 0 saturated carbocycles. The van der Waals surface area contributed by atoms with Crippen molar-refractivity contribution in [2.24, 2.45) is 0 Å². The lowest BCUT2D eigenvalue weighted by Gasteiger charge is -2.21. The van der Waals surface area contributed by atoms with Gasteiger partial charge in [0.25, 0.3) is 0 Å². The first kappa shape index (κ1) is 18.5. The van der Waals surface area contributed by atoms with E-state index in [0.29, 0.717) is 18.7 Å². The highest BCUT2D eigenvalue weighted by molar-refractivity contribution is 5.65. The van der Waals surface area contributed by atoms with Crippen molar-refractivity contribution in [3.05, 3.63) is 59.5 Å². The third-order valence-corrected chi connectivity index (χ3v) is 4.77. The number of alkyl halides is 3. The summed E-state index contributed by atoms with van der Waals surface area (Å²) in [4.78, 5) is 4.03. The Morgan fingerprint density at radius 3 is 2.61 bits per heavy atom. The van der Waals surface area contributed by atoms with Gasteiger partial charge < -0.3 is 9.47 Å². The van der Waals surface area contributed by atoms with Crippen molar-refractivity contribution in [2.75, 3.05) is 7.11 Å². The number of aromatic nitrogens is 3. The van der Waals surface area contributed by atoms with Crippen LogP contribution in [0.3, 0.4) is 0 Å². The van der Waals surface area contributed by atoms with Crippen molar-refractivity contribution in [1.82, 2.24) is 14.8 Å². The molecule has 3 aromatic rings. The number of pyridine rings is 1. The molecule has 0 fully saturated rings. The largest absolute Gasteiger partial charge is 0.496 e.